The van der Waals surface area contributed by atoms with Crippen LogP contribution in [0.2, 0.25) is 0 Å². The molecule has 1 N–H and O–H groups in total. The molecule has 1 aliphatic heterocycles. The number of ketones is 1. The van der Waals surface area contributed by atoms with Crippen molar-refractivity contribution in [3.8, 4) is 5.75 Å². The molecule has 2 aromatic carbocycles. The monoisotopic (exact) mass is 383 g/mol. The lowest BCUT2D eigenvalue weighted by Gasteiger charge is -2.27. The van der Waals surface area contributed by atoms with Crippen LogP contribution in [-0.4, -0.2) is 48.3 Å². The zero-order valence-electron chi connectivity index (χ0n) is 15.1. The Kier molecular flexibility index (Phi) is 5.20. The van der Waals surface area contributed by atoms with E-state index in [1.54, 1.807) is 23.9 Å². The molecular weight excluding hydrogens is 362 g/mol. The van der Waals surface area contributed by atoms with E-state index in [1.165, 1.54) is 6.26 Å². The molecule has 27 heavy (non-hydrogen) atoms. The predicted octanol–water partition coefficient (Wildman–Crippen LogP) is 3.92. The van der Waals surface area contributed by atoms with Crippen LogP contribution in [0.4, 0.5) is 0 Å². The first-order chi connectivity index (χ1) is 13.2. The summed E-state index contributed by atoms with van der Waals surface area (Å²) in [7, 11) is 0. The van der Waals surface area contributed by atoms with Crippen molar-refractivity contribution in [3.63, 3.8) is 0 Å². The molecule has 140 valence electrons. The number of fused-ring (bicyclic) bond motifs is 1. The maximum Gasteiger partial charge on any atom is 0.196 e. The average molecular weight is 383 g/mol. The lowest BCUT2D eigenvalue weighted by molar-refractivity contribution is 0.0340. The number of hydrogen-bond acceptors (Lipinski definition) is 6. The molecule has 3 aromatic rings. The van der Waals surface area contributed by atoms with Crippen molar-refractivity contribution in [2.24, 2.45) is 0 Å². The number of morpholine rings is 1. The number of nitrogens with zero attached hydrogens (tertiary/aromatic N) is 1. The molecule has 0 atom stereocenters. The van der Waals surface area contributed by atoms with E-state index >= 15 is 0 Å². The second-order valence-corrected chi connectivity index (χ2v) is 7.41. The van der Waals surface area contributed by atoms with Gasteiger partial charge < -0.3 is 14.3 Å². The number of ether oxygens (including phenoxy) is 1. The van der Waals surface area contributed by atoms with Crippen molar-refractivity contribution in [2.75, 3.05) is 32.6 Å². The van der Waals surface area contributed by atoms with Crippen LogP contribution >= 0.6 is 11.8 Å². The highest BCUT2D eigenvalue weighted by Gasteiger charge is 2.22. The highest BCUT2D eigenvalue weighted by molar-refractivity contribution is 7.98. The number of furan rings is 1. The number of phenolic OH excluding ortho intramolecular Hbond substituents is 1. The van der Waals surface area contributed by atoms with Gasteiger partial charge in [0.05, 0.1) is 18.8 Å². The van der Waals surface area contributed by atoms with Gasteiger partial charge in [0.15, 0.2) is 5.78 Å². The smallest absolute Gasteiger partial charge is 0.196 e. The highest BCUT2D eigenvalue weighted by atomic mass is 32.2. The van der Waals surface area contributed by atoms with E-state index in [1.807, 2.05) is 30.5 Å². The molecule has 1 aliphatic rings. The summed E-state index contributed by atoms with van der Waals surface area (Å²) in [5, 5.41) is 11.2. The van der Waals surface area contributed by atoms with E-state index in [2.05, 4.69) is 4.90 Å². The quantitative estimate of drug-likeness (QED) is 0.532. The summed E-state index contributed by atoms with van der Waals surface area (Å²) in [6, 6.07) is 10.9. The number of phenols is 1. The van der Waals surface area contributed by atoms with E-state index in [-0.39, 0.29) is 11.5 Å². The van der Waals surface area contributed by atoms with Gasteiger partial charge in [-0.25, -0.2) is 0 Å². The Morgan fingerprint density at radius 3 is 2.59 bits per heavy atom. The van der Waals surface area contributed by atoms with Crippen LogP contribution in [0.3, 0.4) is 0 Å². The number of carbonyl (C=O) groups is 1. The fraction of sp³-hybridized carbons (Fsp3) is 0.286. The Labute approximate surface area is 161 Å². The Bertz CT molecular complexity index is 958. The molecule has 0 bridgehead atoms. The lowest BCUT2D eigenvalue weighted by atomic mass is 9.98. The summed E-state index contributed by atoms with van der Waals surface area (Å²) in [6.07, 6.45) is 3.50. The molecule has 0 unspecified atom stereocenters. The zero-order chi connectivity index (χ0) is 18.8. The van der Waals surface area contributed by atoms with Gasteiger partial charge in [-0.3, -0.25) is 9.69 Å². The van der Waals surface area contributed by atoms with E-state index in [9.17, 15) is 9.90 Å². The molecule has 1 aromatic heterocycles. The molecule has 4 rings (SSSR count). The summed E-state index contributed by atoms with van der Waals surface area (Å²) in [5.41, 5.74) is 2.43. The average Bonchev–Trinajstić information content (AvgIpc) is 3.15. The Balaban J connectivity index is 1.74. The molecule has 0 amide bonds. The number of benzene rings is 2. The van der Waals surface area contributed by atoms with Gasteiger partial charge in [0.1, 0.15) is 17.6 Å². The molecule has 0 radical (unpaired) electrons. The van der Waals surface area contributed by atoms with Crippen LogP contribution in [0.5, 0.6) is 5.75 Å². The van der Waals surface area contributed by atoms with E-state index in [0.717, 1.165) is 23.5 Å². The fourth-order valence-electron chi connectivity index (χ4n) is 3.40. The first-order valence-corrected chi connectivity index (χ1v) is 10.1. The highest BCUT2D eigenvalue weighted by Crippen LogP contribution is 2.34. The van der Waals surface area contributed by atoms with Gasteiger partial charge in [-0.1, -0.05) is 0 Å². The van der Waals surface area contributed by atoms with Crippen molar-refractivity contribution in [3.05, 3.63) is 59.4 Å². The van der Waals surface area contributed by atoms with Crippen molar-refractivity contribution >= 4 is 28.5 Å². The van der Waals surface area contributed by atoms with Gasteiger partial charge in [0.2, 0.25) is 0 Å². The zero-order valence-corrected chi connectivity index (χ0v) is 15.9. The van der Waals surface area contributed by atoms with Gasteiger partial charge in [-0.05, 0) is 42.7 Å². The second-order valence-electron chi connectivity index (χ2n) is 6.53. The molecule has 1 saturated heterocycles. The normalized spacial score (nSPS) is 15.3. The van der Waals surface area contributed by atoms with Crippen molar-refractivity contribution in [1.29, 1.82) is 0 Å². The summed E-state index contributed by atoms with van der Waals surface area (Å²) in [4.78, 5) is 16.4. The number of hydrogen-bond donors (Lipinski definition) is 1. The maximum atomic E-state index is 13.1. The first-order valence-electron chi connectivity index (χ1n) is 8.88. The van der Waals surface area contributed by atoms with Gasteiger partial charge in [0.25, 0.3) is 0 Å². The van der Waals surface area contributed by atoms with E-state index in [0.29, 0.717) is 41.9 Å². The minimum atomic E-state index is -0.102. The van der Waals surface area contributed by atoms with Crippen LogP contribution in [0, 0.1) is 0 Å². The third-order valence-electron chi connectivity index (χ3n) is 4.91. The summed E-state index contributed by atoms with van der Waals surface area (Å²) >= 11 is 1.63. The Morgan fingerprint density at radius 1 is 1.15 bits per heavy atom. The van der Waals surface area contributed by atoms with Crippen molar-refractivity contribution in [1.82, 2.24) is 4.90 Å². The number of rotatable bonds is 5. The van der Waals surface area contributed by atoms with Gasteiger partial charge >= 0.3 is 0 Å². The Morgan fingerprint density at radius 2 is 1.89 bits per heavy atom. The van der Waals surface area contributed by atoms with Gasteiger partial charge in [-0.15, -0.1) is 11.8 Å². The van der Waals surface area contributed by atoms with Crippen LogP contribution in [0.15, 0.2) is 52.0 Å². The maximum absolute atomic E-state index is 13.1. The molecule has 1 fully saturated rings. The van der Waals surface area contributed by atoms with E-state index < -0.39 is 0 Å². The van der Waals surface area contributed by atoms with E-state index in [4.69, 9.17) is 9.15 Å². The third kappa shape index (κ3) is 3.60. The molecular formula is C21H21NO4S. The molecule has 6 heteroatoms. The molecule has 0 aliphatic carbocycles. The topological polar surface area (TPSA) is 62.9 Å². The van der Waals surface area contributed by atoms with Crippen LogP contribution in [0.1, 0.15) is 21.5 Å². The lowest BCUT2D eigenvalue weighted by Crippen LogP contribution is -2.35. The summed E-state index contributed by atoms with van der Waals surface area (Å²) in [5.74, 6) is 0.0809. The van der Waals surface area contributed by atoms with Crippen molar-refractivity contribution in [2.45, 2.75) is 11.4 Å². The molecule has 5 nitrogen and oxygen atoms in total. The van der Waals surface area contributed by atoms with Crippen LogP contribution < -0.4 is 0 Å². The minimum absolute atomic E-state index is 0.102. The molecule has 0 spiro atoms. The standard InChI is InChI=1S/C21H21NO4S/c1-27-15-4-2-14(3-5-15)21(24)17-13-26-19-7-6-18(23)16(20(17)19)12-22-8-10-25-11-9-22/h2-7,13,23H,8-12H2,1H3. The van der Waals surface area contributed by atoms with Crippen molar-refractivity contribution < 1.29 is 19.1 Å². The molecule has 2 heterocycles. The number of thioether (sulfide) groups is 1. The van der Waals surface area contributed by atoms with Crippen LogP contribution in [0.25, 0.3) is 11.0 Å². The first kappa shape index (κ1) is 18.1. The largest absolute Gasteiger partial charge is 0.508 e. The summed E-state index contributed by atoms with van der Waals surface area (Å²) in [6.45, 7) is 3.50. The van der Waals surface area contributed by atoms with Gasteiger partial charge in [-0.2, -0.15) is 0 Å². The summed E-state index contributed by atoms with van der Waals surface area (Å²) < 4.78 is 11.0. The SMILES string of the molecule is CSc1ccc(C(=O)c2coc3ccc(O)c(CN4CCOCC4)c23)cc1. The Hall–Kier alpha value is -2.28. The number of aromatic hydroxyl groups is 1. The minimum Gasteiger partial charge on any atom is -0.508 e. The second kappa shape index (κ2) is 7.76. The molecule has 0 saturated carbocycles. The fourth-order valence-corrected chi connectivity index (χ4v) is 3.81. The predicted molar refractivity (Wildman–Crippen MR) is 106 cm³/mol. The number of carbonyl (C=O) groups excluding carboxylic acids is 1. The third-order valence-corrected chi connectivity index (χ3v) is 5.65. The van der Waals surface area contributed by atoms with Crippen LogP contribution in [-0.2, 0) is 11.3 Å². The van der Waals surface area contributed by atoms with Gasteiger partial charge in [0, 0.05) is 41.0 Å².